The Hall–Kier alpha value is -3.64. The molecule has 0 radical (unpaired) electrons. The van der Waals surface area contributed by atoms with Gasteiger partial charge in [-0.25, -0.2) is 4.98 Å². The summed E-state index contributed by atoms with van der Waals surface area (Å²) in [6.45, 7) is 7.13. The highest BCUT2D eigenvalue weighted by atomic mass is 16.3. The lowest BCUT2D eigenvalue weighted by molar-refractivity contribution is 0.581. The van der Waals surface area contributed by atoms with Crippen LogP contribution in [-0.4, -0.2) is 9.55 Å². The summed E-state index contributed by atoms with van der Waals surface area (Å²) in [6, 6.07) is 9.35. The Bertz CT molecular complexity index is 1160. The van der Waals surface area contributed by atoms with Gasteiger partial charge in [-0.05, 0) is 57.0 Å². The number of rotatable bonds is 2. The van der Waals surface area contributed by atoms with Crippen LogP contribution < -0.4 is 5.56 Å². The van der Waals surface area contributed by atoms with Crippen molar-refractivity contribution >= 4 is 0 Å². The molecule has 0 aliphatic heterocycles. The first-order chi connectivity index (χ1) is 12.4. The molecule has 0 atom stereocenters. The van der Waals surface area contributed by atoms with E-state index in [0.717, 1.165) is 5.56 Å². The van der Waals surface area contributed by atoms with Crippen LogP contribution in [0.3, 0.4) is 0 Å². The summed E-state index contributed by atoms with van der Waals surface area (Å²) in [6.07, 6.45) is 1.53. The van der Waals surface area contributed by atoms with Crippen molar-refractivity contribution in [3.8, 4) is 29.3 Å². The van der Waals surface area contributed by atoms with Gasteiger partial charge in [-0.15, -0.1) is 0 Å². The van der Waals surface area contributed by atoms with Crippen molar-refractivity contribution in [1.29, 1.82) is 10.5 Å². The molecule has 0 bridgehead atoms. The Balaban J connectivity index is 2.49. The zero-order valence-corrected chi connectivity index (χ0v) is 14.9. The number of aryl methyl sites for hydroxylation is 3. The number of nitrogens with zero attached hydrogens (tertiary/aromatic N) is 4. The molecule has 0 unspecified atom stereocenters. The van der Waals surface area contributed by atoms with E-state index in [0.29, 0.717) is 28.3 Å². The minimum absolute atomic E-state index is 0.0408. The molecule has 0 aliphatic rings. The predicted octanol–water partition coefficient (Wildman–Crippen LogP) is 3.47. The zero-order valence-electron chi connectivity index (χ0n) is 14.9. The summed E-state index contributed by atoms with van der Waals surface area (Å²) in [4.78, 5) is 17.4. The highest BCUT2D eigenvalue weighted by Gasteiger charge is 2.22. The number of pyridine rings is 2. The Morgan fingerprint density at radius 2 is 1.81 bits per heavy atom. The summed E-state index contributed by atoms with van der Waals surface area (Å²) in [5.41, 5.74) is 3.08. The number of hydrogen-bond acceptors (Lipinski definition) is 5. The number of aromatic nitrogens is 2. The van der Waals surface area contributed by atoms with Crippen molar-refractivity contribution < 1.29 is 4.42 Å². The van der Waals surface area contributed by atoms with E-state index in [-0.39, 0.29) is 16.9 Å². The fourth-order valence-corrected chi connectivity index (χ4v) is 3.07. The lowest BCUT2D eigenvalue weighted by Gasteiger charge is -2.17. The standard InChI is InChI=1S/C20H16N4O2/c1-11-8-12(2)24(20(25)15(11)9-21)19-16(10-22)18(13(3)14(4)23-19)17-6-5-7-26-17/h5-8H,1-4H3. The average molecular weight is 344 g/mol. The monoisotopic (exact) mass is 344 g/mol. The molecule has 3 aromatic heterocycles. The van der Waals surface area contributed by atoms with Gasteiger partial charge >= 0.3 is 0 Å². The van der Waals surface area contributed by atoms with Gasteiger partial charge in [0.25, 0.3) is 5.56 Å². The van der Waals surface area contributed by atoms with Crippen LogP contribution >= 0.6 is 0 Å². The molecule has 3 aromatic rings. The molecule has 0 amide bonds. The van der Waals surface area contributed by atoms with E-state index in [1.807, 2.05) is 19.9 Å². The van der Waals surface area contributed by atoms with Crippen molar-refractivity contribution in [2.24, 2.45) is 0 Å². The van der Waals surface area contributed by atoms with Crippen molar-refractivity contribution in [2.45, 2.75) is 27.7 Å². The lowest BCUT2D eigenvalue weighted by atomic mass is 9.99. The van der Waals surface area contributed by atoms with Crippen molar-refractivity contribution in [3.05, 3.63) is 68.5 Å². The van der Waals surface area contributed by atoms with Crippen molar-refractivity contribution in [2.75, 3.05) is 0 Å². The van der Waals surface area contributed by atoms with Gasteiger partial charge in [-0.1, -0.05) is 0 Å². The Morgan fingerprint density at radius 1 is 1.12 bits per heavy atom. The summed E-state index contributed by atoms with van der Waals surface area (Å²) < 4.78 is 6.82. The van der Waals surface area contributed by atoms with Gasteiger partial charge < -0.3 is 4.42 Å². The van der Waals surface area contributed by atoms with E-state index in [2.05, 4.69) is 11.1 Å². The molecular formula is C20H16N4O2. The van der Waals surface area contributed by atoms with Crippen LogP contribution in [-0.2, 0) is 0 Å². The van der Waals surface area contributed by atoms with Gasteiger partial charge in [0.05, 0.1) is 6.26 Å². The first kappa shape index (κ1) is 17.2. The fourth-order valence-electron chi connectivity index (χ4n) is 3.07. The molecule has 0 spiro atoms. The molecular weight excluding hydrogens is 328 g/mol. The topological polar surface area (TPSA) is 95.6 Å². The number of nitriles is 2. The smallest absolute Gasteiger partial charge is 0.274 e. The fraction of sp³-hybridized carbons (Fsp3) is 0.200. The molecule has 0 saturated heterocycles. The van der Waals surface area contributed by atoms with E-state index in [1.54, 1.807) is 32.0 Å². The molecule has 0 fully saturated rings. The highest BCUT2D eigenvalue weighted by molar-refractivity contribution is 5.74. The molecule has 3 rings (SSSR count). The van der Waals surface area contributed by atoms with Gasteiger partial charge in [-0.3, -0.25) is 9.36 Å². The molecule has 0 saturated carbocycles. The van der Waals surface area contributed by atoms with Crippen LogP contribution in [0.15, 0.2) is 33.7 Å². The van der Waals surface area contributed by atoms with Crippen LogP contribution in [0, 0.1) is 50.4 Å². The van der Waals surface area contributed by atoms with Crippen molar-refractivity contribution in [3.63, 3.8) is 0 Å². The molecule has 0 aromatic carbocycles. The average Bonchev–Trinajstić information content (AvgIpc) is 3.11. The minimum atomic E-state index is -0.484. The van der Waals surface area contributed by atoms with E-state index < -0.39 is 5.56 Å². The van der Waals surface area contributed by atoms with Crippen LogP contribution in [0.4, 0.5) is 0 Å². The van der Waals surface area contributed by atoms with E-state index in [1.165, 1.54) is 10.8 Å². The molecule has 6 heteroatoms. The van der Waals surface area contributed by atoms with Crippen molar-refractivity contribution in [1.82, 2.24) is 9.55 Å². The van der Waals surface area contributed by atoms with Gasteiger partial charge in [0.1, 0.15) is 29.0 Å². The third kappa shape index (κ3) is 2.49. The molecule has 128 valence electrons. The van der Waals surface area contributed by atoms with E-state index in [4.69, 9.17) is 4.42 Å². The molecule has 6 nitrogen and oxygen atoms in total. The Labute approximate surface area is 150 Å². The molecule has 0 N–H and O–H groups in total. The third-order valence-electron chi connectivity index (χ3n) is 4.46. The van der Waals surface area contributed by atoms with Gasteiger partial charge in [0, 0.05) is 17.0 Å². The summed E-state index contributed by atoms with van der Waals surface area (Å²) in [5.74, 6) is 0.741. The van der Waals surface area contributed by atoms with E-state index in [9.17, 15) is 15.3 Å². The van der Waals surface area contributed by atoms with Gasteiger partial charge in [0.15, 0.2) is 5.82 Å². The quantitative estimate of drug-likeness (QED) is 0.709. The van der Waals surface area contributed by atoms with Crippen LogP contribution in [0.5, 0.6) is 0 Å². The zero-order chi connectivity index (χ0) is 19.0. The third-order valence-corrected chi connectivity index (χ3v) is 4.46. The lowest BCUT2D eigenvalue weighted by Crippen LogP contribution is -2.26. The molecule has 0 aliphatic carbocycles. The minimum Gasteiger partial charge on any atom is -0.464 e. The SMILES string of the molecule is Cc1cc(C)n(-c2nc(C)c(C)c(-c3ccco3)c2C#N)c(=O)c1C#N. The molecule has 26 heavy (non-hydrogen) atoms. The number of furan rings is 1. The number of hydrogen-bond donors (Lipinski definition) is 0. The summed E-state index contributed by atoms with van der Waals surface area (Å²) in [5, 5.41) is 19.2. The van der Waals surface area contributed by atoms with Crippen LogP contribution in [0.2, 0.25) is 0 Å². The summed E-state index contributed by atoms with van der Waals surface area (Å²) >= 11 is 0. The first-order valence-corrected chi connectivity index (χ1v) is 7.99. The summed E-state index contributed by atoms with van der Waals surface area (Å²) in [7, 11) is 0. The van der Waals surface area contributed by atoms with Gasteiger partial charge in [-0.2, -0.15) is 10.5 Å². The van der Waals surface area contributed by atoms with E-state index >= 15 is 0 Å². The maximum atomic E-state index is 12.9. The predicted molar refractivity (Wildman–Crippen MR) is 95.9 cm³/mol. The van der Waals surface area contributed by atoms with Gasteiger partial charge in [0.2, 0.25) is 0 Å². The second-order valence-electron chi connectivity index (χ2n) is 6.08. The van der Waals surface area contributed by atoms with Crippen LogP contribution in [0.1, 0.15) is 33.6 Å². The maximum absolute atomic E-state index is 12.9. The normalized spacial score (nSPS) is 10.4. The molecule has 3 heterocycles. The largest absolute Gasteiger partial charge is 0.464 e. The first-order valence-electron chi connectivity index (χ1n) is 7.99. The highest BCUT2D eigenvalue weighted by Crippen LogP contribution is 2.32. The second kappa shape index (κ2) is 6.34. The Morgan fingerprint density at radius 3 is 2.38 bits per heavy atom. The second-order valence-corrected chi connectivity index (χ2v) is 6.08. The van der Waals surface area contributed by atoms with Crippen LogP contribution in [0.25, 0.3) is 17.1 Å². The maximum Gasteiger partial charge on any atom is 0.274 e. The Kier molecular flexibility index (Phi) is 4.19.